The first kappa shape index (κ1) is 11.9. The van der Waals surface area contributed by atoms with Crippen LogP contribution in [0.5, 0.6) is 5.75 Å². The molecule has 0 saturated carbocycles. The van der Waals surface area contributed by atoms with Crippen molar-refractivity contribution in [3.8, 4) is 5.75 Å². The minimum Gasteiger partial charge on any atom is -0.506 e. The normalized spacial score (nSPS) is 10.0. The van der Waals surface area contributed by atoms with Crippen LogP contribution >= 0.6 is 27.5 Å². The molecule has 0 saturated heterocycles. The van der Waals surface area contributed by atoms with Gasteiger partial charge in [0.15, 0.2) is 5.78 Å². The predicted octanol–water partition coefficient (Wildman–Crippen LogP) is 2.48. The molecule has 7 heteroatoms. The SMILES string of the molecule is O=C(CCl)c1cc(O)c(Br)c([N+](=O)[O-])c1. The van der Waals surface area contributed by atoms with Gasteiger partial charge in [0.25, 0.3) is 5.69 Å². The van der Waals surface area contributed by atoms with Crippen LogP contribution < -0.4 is 0 Å². The molecule has 15 heavy (non-hydrogen) atoms. The number of alkyl halides is 1. The summed E-state index contributed by atoms with van der Waals surface area (Å²) < 4.78 is -0.0568. The predicted molar refractivity (Wildman–Crippen MR) is 57.5 cm³/mol. The molecule has 1 rings (SSSR count). The lowest BCUT2D eigenvalue weighted by atomic mass is 10.1. The summed E-state index contributed by atoms with van der Waals surface area (Å²) in [6.45, 7) is 0. The number of Topliss-reactive ketones (excluding diaryl/α,β-unsaturated/α-hetero) is 1. The topological polar surface area (TPSA) is 80.4 Å². The lowest BCUT2D eigenvalue weighted by Crippen LogP contribution is -2.01. The fraction of sp³-hybridized carbons (Fsp3) is 0.125. The minimum absolute atomic E-state index is 0.0115. The average Bonchev–Trinajstić information content (AvgIpc) is 2.20. The number of phenols is 1. The van der Waals surface area contributed by atoms with Gasteiger partial charge in [-0.1, -0.05) is 0 Å². The summed E-state index contributed by atoms with van der Waals surface area (Å²) in [7, 11) is 0. The van der Waals surface area contributed by atoms with Gasteiger partial charge >= 0.3 is 0 Å². The number of carbonyl (C=O) groups excluding carboxylic acids is 1. The molecule has 0 aliphatic rings. The molecule has 0 amide bonds. The number of carbonyl (C=O) groups is 1. The number of nitrogens with zero attached hydrogens (tertiary/aromatic N) is 1. The molecule has 0 aliphatic heterocycles. The number of nitro benzene ring substituents is 1. The summed E-state index contributed by atoms with van der Waals surface area (Å²) in [4.78, 5) is 21.0. The van der Waals surface area contributed by atoms with E-state index >= 15 is 0 Å². The van der Waals surface area contributed by atoms with Gasteiger partial charge in [-0.25, -0.2) is 0 Å². The van der Waals surface area contributed by atoms with Crippen LogP contribution in [0.2, 0.25) is 0 Å². The highest BCUT2D eigenvalue weighted by molar-refractivity contribution is 9.10. The van der Waals surface area contributed by atoms with Gasteiger partial charge in [0.1, 0.15) is 10.2 Å². The molecule has 0 unspecified atom stereocenters. The quantitative estimate of drug-likeness (QED) is 0.402. The van der Waals surface area contributed by atoms with Gasteiger partial charge in [-0.3, -0.25) is 14.9 Å². The molecular weight excluding hydrogens is 289 g/mol. The summed E-state index contributed by atoms with van der Waals surface area (Å²) in [5.41, 5.74) is -0.360. The van der Waals surface area contributed by atoms with Crippen LogP contribution in [-0.4, -0.2) is 21.7 Å². The Labute approximate surface area is 97.9 Å². The Balaban J connectivity index is 3.35. The van der Waals surface area contributed by atoms with Crippen LogP contribution in [0, 0.1) is 10.1 Å². The third-order valence-corrected chi connectivity index (χ3v) is 2.73. The molecule has 0 radical (unpaired) electrons. The first-order valence-corrected chi connectivity index (χ1v) is 5.06. The monoisotopic (exact) mass is 293 g/mol. The van der Waals surface area contributed by atoms with E-state index in [1.54, 1.807) is 0 Å². The number of hydrogen-bond donors (Lipinski definition) is 1. The molecule has 5 nitrogen and oxygen atoms in total. The molecule has 0 atom stereocenters. The molecule has 1 aromatic rings. The second kappa shape index (κ2) is 4.59. The van der Waals surface area contributed by atoms with E-state index in [9.17, 15) is 20.0 Å². The highest BCUT2D eigenvalue weighted by Crippen LogP contribution is 2.34. The van der Waals surface area contributed by atoms with Crippen molar-refractivity contribution in [3.05, 3.63) is 32.3 Å². The number of benzene rings is 1. The first-order chi connectivity index (χ1) is 6.97. The molecule has 0 spiro atoms. The van der Waals surface area contributed by atoms with E-state index in [1.165, 1.54) is 0 Å². The van der Waals surface area contributed by atoms with Gasteiger partial charge < -0.3 is 5.11 Å². The van der Waals surface area contributed by atoms with Gasteiger partial charge in [-0.05, 0) is 22.0 Å². The molecule has 80 valence electrons. The Morgan fingerprint density at radius 1 is 1.60 bits per heavy atom. The molecular formula is C8H5BrClNO4. The van der Waals surface area contributed by atoms with Crippen LogP contribution in [-0.2, 0) is 0 Å². The van der Waals surface area contributed by atoms with E-state index in [0.29, 0.717) is 0 Å². The Morgan fingerprint density at radius 3 is 2.67 bits per heavy atom. The number of phenolic OH excluding ortho intramolecular Hbond substituents is 1. The second-order valence-electron chi connectivity index (χ2n) is 2.64. The third-order valence-electron chi connectivity index (χ3n) is 1.67. The van der Waals surface area contributed by atoms with Gasteiger partial charge in [-0.15, -0.1) is 11.6 Å². The first-order valence-electron chi connectivity index (χ1n) is 3.73. The van der Waals surface area contributed by atoms with Crippen LogP contribution in [0.4, 0.5) is 5.69 Å². The molecule has 0 aromatic heterocycles. The van der Waals surface area contributed by atoms with Crippen molar-refractivity contribution >= 4 is 39.0 Å². The number of nitro groups is 1. The second-order valence-corrected chi connectivity index (χ2v) is 3.70. The van der Waals surface area contributed by atoms with Gasteiger partial charge in [0, 0.05) is 11.6 Å². The van der Waals surface area contributed by atoms with E-state index < -0.39 is 10.7 Å². The van der Waals surface area contributed by atoms with E-state index in [4.69, 9.17) is 11.6 Å². The zero-order valence-electron chi connectivity index (χ0n) is 7.24. The van der Waals surface area contributed by atoms with Crippen LogP contribution in [0.3, 0.4) is 0 Å². The van der Waals surface area contributed by atoms with Gasteiger partial charge in [-0.2, -0.15) is 0 Å². The van der Waals surface area contributed by atoms with Crippen LogP contribution in [0.15, 0.2) is 16.6 Å². The minimum atomic E-state index is -0.700. The molecule has 0 heterocycles. The van der Waals surface area contributed by atoms with Crippen molar-refractivity contribution in [2.75, 3.05) is 5.88 Å². The maximum Gasteiger partial charge on any atom is 0.288 e. The lowest BCUT2D eigenvalue weighted by molar-refractivity contribution is -0.385. The molecule has 0 aliphatic carbocycles. The highest BCUT2D eigenvalue weighted by atomic mass is 79.9. The maximum absolute atomic E-state index is 11.2. The lowest BCUT2D eigenvalue weighted by Gasteiger charge is -2.02. The van der Waals surface area contributed by atoms with Crippen molar-refractivity contribution in [3.63, 3.8) is 0 Å². The van der Waals surface area contributed by atoms with Crippen molar-refractivity contribution in [1.82, 2.24) is 0 Å². The van der Waals surface area contributed by atoms with E-state index in [2.05, 4.69) is 15.9 Å². The van der Waals surface area contributed by atoms with Crippen molar-refractivity contribution < 1.29 is 14.8 Å². The van der Waals surface area contributed by atoms with E-state index in [0.717, 1.165) is 12.1 Å². The Morgan fingerprint density at radius 2 is 2.20 bits per heavy atom. The Kier molecular flexibility index (Phi) is 3.65. The zero-order chi connectivity index (χ0) is 11.6. The summed E-state index contributed by atoms with van der Waals surface area (Å²) in [5, 5.41) is 19.9. The van der Waals surface area contributed by atoms with Crippen LogP contribution in [0.25, 0.3) is 0 Å². The molecule has 1 N–H and O–H groups in total. The zero-order valence-corrected chi connectivity index (χ0v) is 9.58. The standard InChI is InChI=1S/C8H5BrClNO4/c9-8-5(11(14)15)1-4(2-6(8)12)7(13)3-10/h1-2,12H,3H2. The fourth-order valence-electron chi connectivity index (χ4n) is 0.965. The van der Waals surface area contributed by atoms with Crippen molar-refractivity contribution in [1.29, 1.82) is 0 Å². The smallest absolute Gasteiger partial charge is 0.288 e. The van der Waals surface area contributed by atoms with E-state index in [1.807, 2.05) is 0 Å². The van der Waals surface area contributed by atoms with Crippen molar-refractivity contribution in [2.24, 2.45) is 0 Å². The molecule has 0 bridgehead atoms. The number of rotatable bonds is 3. The third kappa shape index (κ3) is 2.45. The van der Waals surface area contributed by atoms with Gasteiger partial charge in [0.2, 0.25) is 0 Å². The number of aromatic hydroxyl groups is 1. The highest BCUT2D eigenvalue weighted by Gasteiger charge is 2.19. The Hall–Kier alpha value is -1.14. The summed E-state index contributed by atoms with van der Waals surface area (Å²) in [5.74, 6) is -1.14. The number of hydrogen-bond acceptors (Lipinski definition) is 4. The molecule has 1 aromatic carbocycles. The fourth-order valence-corrected chi connectivity index (χ4v) is 1.49. The number of ketones is 1. The maximum atomic E-state index is 11.2. The van der Waals surface area contributed by atoms with E-state index in [-0.39, 0.29) is 27.4 Å². The van der Waals surface area contributed by atoms with Crippen molar-refractivity contribution in [2.45, 2.75) is 0 Å². The Bertz CT molecular complexity index is 435. The summed E-state index contributed by atoms with van der Waals surface area (Å²) in [6.07, 6.45) is 0. The number of halogens is 2. The average molecular weight is 294 g/mol. The van der Waals surface area contributed by atoms with Gasteiger partial charge in [0.05, 0.1) is 10.8 Å². The summed E-state index contributed by atoms with van der Waals surface area (Å²) >= 11 is 8.15. The van der Waals surface area contributed by atoms with Crippen LogP contribution in [0.1, 0.15) is 10.4 Å². The largest absolute Gasteiger partial charge is 0.506 e. The summed E-state index contributed by atoms with van der Waals surface area (Å²) in [6, 6.07) is 2.19. The molecule has 0 fully saturated rings.